The van der Waals surface area contributed by atoms with Gasteiger partial charge in [-0.05, 0) is 51.6 Å². The van der Waals surface area contributed by atoms with Gasteiger partial charge in [-0.3, -0.25) is 4.99 Å². The molecule has 5 heteroatoms. The molecular formula is C17H34N4O. The van der Waals surface area contributed by atoms with Gasteiger partial charge in [-0.25, -0.2) is 0 Å². The molecular weight excluding hydrogens is 276 g/mol. The molecule has 2 aliphatic heterocycles. The number of aliphatic imine (C=N–C) groups is 1. The summed E-state index contributed by atoms with van der Waals surface area (Å²) >= 11 is 0. The van der Waals surface area contributed by atoms with Crippen LogP contribution in [0.5, 0.6) is 0 Å². The summed E-state index contributed by atoms with van der Waals surface area (Å²) in [6, 6.07) is 0. The highest BCUT2D eigenvalue weighted by Crippen LogP contribution is 2.11. The first kappa shape index (κ1) is 17.5. The highest BCUT2D eigenvalue weighted by atomic mass is 16.5. The van der Waals surface area contributed by atoms with Crippen LogP contribution in [-0.2, 0) is 4.74 Å². The van der Waals surface area contributed by atoms with Crippen LogP contribution in [0.4, 0.5) is 0 Å². The van der Waals surface area contributed by atoms with Gasteiger partial charge in [0.2, 0.25) is 0 Å². The van der Waals surface area contributed by atoms with E-state index in [2.05, 4.69) is 29.4 Å². The molecule has 2 saturated heterocycles. The molecule has 2 aliphatic rings. The minimum Gasteiger partial charge on any atom is -0.376 e. The van der Waals surface area contributed by atoms with E-state index in [0.717, 1.165) is 38.6 Å². The first-order chi connectivity index (χ1) is 10.8. The molecule has 0 aliphatic carbocycles. The van der Waals surface area contributed by atoms with E-state index in [1.54, 1.807) is 0 Å². The van der Waals surface area contributed by atoms with E-state index < -0.39 is 0 Å². The molecule has 2 rings (SSSR count). The maximum absolute atomic E-state index is 5.66. The van der Waals surface area contributed by atoms with Crippen molar-refractivity contribution in [2.45, 2.75) is 52.1 Å². The largest absolute Gasteiger partial charge is 0.376 e. The number of nitrogens with one attached hydrogen (secondary N) is 2. The average Bonchev–Trinajstić information content (AvgIpc) is 3.04. The number of nitrogens with zero attached hydrogens (tertiary/aromatic N) is 2. The molecule has 2 atom stereocenters. The fourth-order valence-electron chi connectivity index (χ4n) is 3.25. The van der Waals surface area contributed by atoms with Crippen LogP contribution in [0.1, 0.15) is 46.0 Å². The van der Waals surface area contributed by atoms with Crippen molar-refractivity contribution < 1.29 is 4.74 Å². The van der Waals surface area contributed by atoms with Crippen molar-refractivity contribution >= 4 is 5.96 Å². The van der Waals surface area contributed by atoms with Crippen LogP contribution in [0, 0.1) is 5.92 Å². The fourth-order valence-corrected chi connectivity index (χ4v) is 3.25. The van der Waals surface area contributed by atoms with Gasteiger partial charge in [-0.15, -0.1) is 0 Å². The van der Waals surface area contributed by atoms with Gasteiger partial charge in [0.15, 0.2) is 5.96 Å². The minimum atomic E-state index is 0.356. The van der Waals surface area contributed by atoms with E-state index >= 15 is 0 Å². The number of hydrogen-bond acceptors (Lipinski definition) is 3. The smallest absolute Gasteiger partial charge is 0.191 e. The molecule has 0 aromatic rings. The Labute approximate surface area is 135 Å². The van der Waals surface area contributed by atoms with E-state index in [4.69, 9.17) is 9.73 Å². The summed E-state index contributed by atoms with van der Waals surface area (Å²) in [6.07, 6.45) is 6.84. The van der Waals surface area contributed by atoms with Crippen molar-refractivity contribution in [3.8, 4) is 0 Å². The Bertz CT molecular complexity index is 323. The van der Waals surface area contributed by atoms with Crippen LogP contribution in [0.3, 0.4) is 0 Å². The summed E-state index contributed by atoms with van der Waals surface area (Å²) in [4.78, 5) is 7.35. The monoisotopic (exact) mass is 310 g/mol. The summed E-state index contributed by atoms with van der Waals surface area (Å²) in [5.41, 5.74) is 0. The minimum absolute atomic E-state index is 0.356. The molecule has 0 amide bonds. The van der Waals surface area contributed by atoms with E-state index in [9.17, 15) is 0 Å². The molecule has 2 fully saturated rings. The Morgan fingerprint density at radius 2 is 2.05 bits per heavy atom. The zero-order chi connectivity index (χ0) is 15.6. The average molecular weight is 310 g/mol. The number of likely N-dealkylation sites (tertiary alicyclic amines) is 1. The summed E-state index contributed by atoms with van der Waals surface area (Å²) < 4.78 is 5.66. The Kier molecular flexibility index (Phi) is 8.02. The lowest BCUT2D eigenvalue weighted by Crippen LogP contribution is -2.41. The molecule has 0 spiro atoms. The lowest BCUT2D eigenvalue weighted by molar-refractivity contribution is 0.114. The molecule has 5 nitrogen and oxygen atoms in total. The van der Waals surface area contributed by atoms with Crippen LogP contribution in [-0.4, -0.2) is 62.8 Å². The zero-order valence-corrected chi connectivity index (χ0v) is 14.4. The first-order valence-corrected chi connectivity index (χ1v) is 9.14. The SMILES string of the molecule is CCNC(=NCC(C)CN1CCCCC1)NCC1CCCO1. The molecule has 0 aromatic heterocycles. The number of hydrogen-bond donors (Lipinski definition) is 2. The van der Waals surface area contributed by atoms with Crippen molar-refractivity contribution in [1.29, 1.82) is 0 Å². The lowest BCUT2D eigenvalue weighted by atomic mass is 10.1. The van der Waals surface area contributed by atoms with Crippen molar-refractivity contribution in [2.75, 3.05) is 45.9 Å². The van der Waals surface area contributed by atoms with Gasteiger partial charge in [0.25, 0.3) is 0 Å². The third kappa shape index (κ3) is 6.53. The van der Waals surface area contributed by atoms with Crippen LogP contribution in [0.15, 0.2) is 4.99 Å². The molecule has 0 aromatic carbocycles. The first-order valence-electron chi connectivity index (χ1n) is 9.14. The van der Waals surface area contributed by atoms with Gasteiger partial charge < -0.3 is 20.3 Å². The fraction of sp³-hybridized carbons (Fsp3) is 0.941. The highest BCUT2D eigenvalue weighted by Gasteiger charge is 2.16. The van der Waals surface area contributed by atoms with Crippen LogP contribution in [0.2, 0.25) is 0 Å². The van der Waals surface area contributed by atoms with Crippen molar-refractivity contribution in [1.82, 2.24) is 15.5 Å². The van der Waals surface area contributed by atoms with Crippen LogP contribution >= 0.6 is 0 Å². The van der Waals surface area contributed by atoms with Crippen LogP contribution in [0.25, 0.3) is 0 Å². The van der Waals surface area contributed by atoms with E-state index in [1.807, 2.05) is 0 Å². The standard InChI is InChI=1S/C17H34N4O/c1-3-18-17(20-13-16-8-7-11-22-16)19-12-15(2)14-21-9-5-4-6-10-21/h15-16H,3-14H2,1-2H3,(H2,18,19,20). The van der Waals surface area contributed by atoms with Crippen molar-refractivity contribution in [2.24, 2.45) is 10.9 Å². The Balaban J connectivity index is 1.70. The second-order valence-corrected chi connectivity index (χ2v) is 6.70. The Morgan fingerprint density at radius 1 is 1.23 bits per heavy atom. The second kappa shape index (κ2) is 10.1. The Hall–Kier alpha value is -0.810. The molecule has 22 heavy (non-hydrogen) atoms. The lowest BCUT2D eigenvalue weighted by Gasteiger charge is -2.28. The molecule has 128 valence electrons. The van der Waals surface area contributed by atoms with Gasteiger partial charge in [0.1, 0.15) is 0 Å². The van der Waals surface area contributed by atoms with Crippen LogP contribution < -0.4 is 10.6 Å². The normalized spacial score (nSPS) is 25.2. The second-order valence-electron chi connectivity index (χ2n) is 6.70. The van der Waals surface area contributed by atoms with E-state index in [0.29, 0.717) is 12.0 Å². The molecule has 0 radical (unpaired) electrons. The number of ether oxygens (including phenoxy) is 1. The van der Waals surface area contributed by atoms with Gasteiger partial charge >= 0.3 is 0 Å². The third-order valence-corrected chi connectivity index (χ3v) is 4.45. The summed E-state index contributed by atoms with van der Waals surface area (Å²) in [6.45, 7) is 11.7. The van der Waals surface area contributed by atoms with Crippen molar-refractivity contribution in [3.63, 3.8) is 0 Å². The van der Waals surface area contributed by atoms with Gasteiger partial charge in [0, 0.05) is 32.8 Å². The number of piperidine rings is 1. The quantitative estimate of drug-likeness (QED) is 0.556. The highest BCUT2D eigenvalue weighted by molar-refractivity contribution is 5.79. The molecule has 0 saturated carbocycles. The maximum atomic E-state index is 5.66. The predicted octanol–water partition coefficient (Wildman–Crippen LogP) is 1.84. The van der Waals surface area contributed by atoms with E-state index in [1.165, 1.54) is 45.3 Å². The number of guanidine groups is 1. The molecule has 2 heterocycles. The molecule has 2 unspecified atom stereocenters. The van der Waals surface area contributed by atoms with E-state index in [-0.39, 0.29) is 0 Å². The Morgan fingerprint density at radius 3 is 2.73 bits per heavy atom. The predicted molar refractivity (Wildman–Crippen MR) is 92.4 cm³/mol. The summed E-state index contributed by atoms with van der Waals surface area (Å²) in [5, 5.41) is 6.76. The number of rotatable bonds is 7. The maximum Gasteiger partial charge on any atom is 0.191 e. The third-order valence-electron chi connectivity index (χ3n) is 4.45. The van der Waals surface area contributed by atoms with Gasteiger partial charge in [-0.1, -0.05) is 13.3 Å². The molecule has 0 bridgehead atoms. The molecule has 2 N–H and O–H groups in total. The topological polar surface area (TPSA) is 48.9 Å². The zero-order valence-electron chi connectivity index (χ0n) is 14.4. The summed E-state index contributed by atoms with van der Waals surface area (Å²) in [7, 11) is 0. The summed E-state index contributed by atoms with van der Waals surface area (Å²) in [5.74, 6) is 1.54. The van der Waals surface area contributed by atoms with Gasteiger partial charge in [-0.2, -0.15) is 0 Å². The van der Waals surface area contributed by atoms with Crippen molar-refractivity contribution in [3.05, 3.63) is 0 Å². The van der Waals surface area contributed by atoms with Gasteiger partial charge in [0.05, 0.1) is 6.10 Å².